The van der Waals surface area contributed by atoms with Gasteiger partial charge in [-0.1, -0.05) is 0 Å². The van der Waals surface area contributed by atoms with Gasteiger partial charge in [-0.3, -0.25) is 9.69 Å². The molecule has 0 spiro atoms. The Hall–Kier alpha value is -1.56. The Morgan fingerprint density at radius 3 is 2.85 bits per heavy atom. The number of hydrogen-bond acceptors (Lipinski definition) is 4. The first-order valence-corrected chi connectivity index (χ1v) is 7.49. The second kappa shape index (κ2) is 6.26. The first kappa shape index (κ1) is 14.8. The number of likely N-dealkylation sites (N-methyl/N-ethyl adjacent to an activating group) is 1. The van der Waals surface area contributed by atoms with Crippen molar-refractivity contribution in [1.82, 2.24) is 9.80 Å². The number of carbonyl (C=O) groups is 2. The molecule has 6 heteroatoms. The summed E-state index contributed by atoms with van der Waals surface area (Å²) in [5, 5.41) is 0. The number of aryl methyl sites for hydroxylation is 1. The van der Waals surface area contributed by atoms with Gasteiger partial charge in [-0.2, -0.15) is 0 Å². The van der Waals surface area contributed by atoms with Crippen molar-refractivity contribution in [2.75, 3.05) is 20.7 Å². The van der Waals surface area contributed by atoms with E-state index >= 15 is 0 Å². The first-order chi connectivity index (χ1) is 9.52. The summed E-state index contributed by atoms with van der Waals surface area (Å²) in [6, 6.07) is 3.71. The third kappa shape index (κ3) is 3.12. The molecule has 2 heterocycles. The molecule has 0 bridgehead atoms. The smallest absolute Gasteiger partial charge is 0.410 e. The quantitative estimate of drug-likeness (QED) is 0.859. The van der Waals surface area contributed by atoms with Crippen LogP contribution in [0.4, 0.5) is 4.79 Å². The maximum Gasteiger partial charge on any atom is 0.410 e. The normalized spacial score (nSPS) is 18.1. The zero-order valence-corrected chi connectivity index (χ0v) is 12.9. The fourth-order valence-corrected chi connectivity index (χ4v) is 3.44. The lowest BCUT2D eigenvalue weighted by Gasteiger charge is -2.26. The number of hydrogen-bond donors (Lipinski definition) is 0. The van der Waals surface area contributed by atoms with Gasteiger partial charge in [0.2, 0.25) is 5.91 Å². The summed E-state index contributed by atoms with van der Waals surface area (Å²) < 4.78 is 4.73. The number of carbonyl (C=O) groups excluding carboxylic acids is 2. The molecule has 1 aliphatic rings. The maximum absolute atomic E-state index is 12.5. The number of nitrogens with zero attached hydrogens (tertiary/aromatic N) is 2. The predicted octanol–water partition coefficient (Wildman–Crippen LogP) is 2.25. The van der Waals surface area contributed by atoms with E-state index in [1.54, 1.807) is 23.3 Å². The highest BCUT2D eigenvalue weighted by molar-refractivity contribution is 7.11. The van der Waals surface area contributed by atoms with Gasteiger partial charge in [0.25, 0.3) is 0 Å². The molecular weight excluding hydrogens is 276 g/mol. The van der Waals surface area contributed by atoms with Gasteiger partial charge in [-0.25, -0.2) is 4.79 Å². The summed E-state index contributed by atoms with van der Waals surface area (Å²) in [4.78, 5) is 29.7. The highest BCUT2D eigenvalue weighted by Gasteiger charge is 2.36. The summed E-state index contributed by atoms with van der Waals surface area (Å²) >= 11 is 1.69. The van der Waals surface area contributed by atoms with Gasteiger partial charge < -0.3 is 9.64 Å². The predicted molar refractivity (Wildman–Crippen MR) is 77.7 cm³/mol. The SMILES string of the molecule is COC(=O)N1CCC[C@@H]1C(=O)N(C)Cc1ccc(C)s1. The molecular formula is C14H20N2O3S. The number of ether oxygens (including phenoxy) is 1. The highest BCUT2D eigenvalue weighted by Crippen LogP contribution is 2.22. The minimum Gasteiger partial charge on any atom is -0.453 e. The minimum absolute atomic E-state index is 0.0149. The van der Waals surface area contributed by atoms with E-state index in [-0.39, 0.29) is 11.9 Å². The molecule has 1 aliphatic heterocycles. The Morgan fingerprint density at radius 2 is 2.25 bits per heavy atom. The van der Waals surface area contributed by atoms with E-state index in [4.69, 9.17) is 4.74 Å². The van der Waals surface area contributed by atoms with Crippen LogP contribution >= 0.6 is 11.3 Å². The van der Waals surface area contributed by atoms with Crippen molar-refractivity contribution in [1.29, 1.82) is 0 Å². The van der Waals surface area contributed by atoms with Crippen molar-refractivity contribution in [2.24, 2.45) is 0 Å². The maximum atomic E-state index is 12.5. The van der Waals surface area contributed by atoms with Gasteiger partial charge in [0, 0.05) is 23.3 Å². The van der Waals surface area contributed by atoms with E-state index in [9.17, 15) is 9.59 Å². The van der Waals surface area contributed by atoms with E-state index in [0.29, 0.717) is 19.5 Å². The second-order valence-electron chi connectivity index (χ2n) is 5.03. The molecule has 0 N–H and O–H groups in total. The largest absolute Gasteiger partial charge is 0.453 e. The lowest BCUT2D eigenvalue weighted by molar-refractivity contribution is -0.134. The third-order valence-electron chi connectivity index (χ3n) is 3.51. The molecule has 2 amide bonds. The highest BCUT2D eigenvalue weighted by atomic mass is 32.1. The lowest BCUT2D eigenvalue weighted by Crippen LogP contribution is -2.46. The van der Waals surface area contributed by atoms with Crippen LogP contribution in [0.1, 0.15) is 22.6 Å². The van der Waals surface area contributed by atoms with Crippen molar-refractivity contribution in [3.05, 3.63) is 21.9 Å². The molecule has 20 heavy (non-hydrogen) atoms. The van der Waals surface area contributed by atoms with Crippen molar-refractivity contribution in [2.45, 2.75) is 32.4 Å². The zero-order valence-electron chi connectivity index (χ0n) is 12.1. The van der Waals surface area contributed by atoms with E-state index in [1.165, 1.54) is 16.9 Å². The van der Waals surface area contributed by atoms with Gasteiger partial charge in [0.15, 0.2) is 0 Å². The molecule has 2 rings (SSSR count). The monoisotopic (exact) mass is 296 g/mol. The Kier molecular flexibility index (Phi) is 4.65. The van der Waals surface area contributed by atoms with E-state index in [2.05, 4.69) is 6.07 Å². The van der Waals surface area contributed by atoms with Gasteiger partial charge in [-0.15, -0.1) is 11.3 Å². The molecule has 1 atom stereocenters. The number of amides is 2. The van der Waals surface area contributed by atoms with Crippen LogP contribution in [0.25, 0.3) is 0 Å². The van der Waals surface area contributed by atoms with Crippen molar-refractivity contribution in [3.8, 4) is 0 Å². The van der Waals surface area contributed by atoms with E-state index < -0.39 is 6.09 Å². The Morgan fingerprint density at radius 1 is 1.50 bits per heavy atom. The molecule has 0 unspecified atom stereocenters. The van der Waals surface area contributed by atoms with E-state index in [1.807, 2.05) is 13.0 Å². The minimum atomic E-state index is -0.416. The van der Waals surface area contributed by atoms with Crippen LogP contribution in [0.5, 0.6) is 0 Å². The van der Waals surface area contributed by atoms with Crippen molar-refractivity contribution >= 4 is 23.3 Å². The Bertz CT molecular complexity index is 500. The standard InChI is InChI=1S/C14H20N2O3S/c1-10-6-7-11(20-10)9-15(2)13(17)12-5-4-8-16(12)14(18)19-3/h6-7,12H,4-5,8-9H2,1-3H3/t12-/m1/s1. The fourth-order valence-electron chi connectivity index (χ4n) is 2.50. The summed E-state index contributed by atoms with van der Waals surface area (Å²) in [5.74, 6) is -0.0149. The number of likely N-dealkylation sites (tertiary alicyclic amines) is 1. The fraction of sp³-hybridized carbons (Fsp3) is 0.571. The number of thiophene rings is 1. The van der Waals surface area contributed by atoms with Crippen LogP contribution in [0.2, 0.25) is 0 Å². The Labute approximate surface area is 123 Å². The lowest BCUT2D eigenvalue weighted by atomic mass is 10.2. The molecule has 1 saturated heterocycles. The molecule has 110 valence electrons. The van der Waals surface area contributed by atoms with Crippen LogP contribution in [0.3, 0.4) is 0 Å². The molecule has 1 aromatic heterocycles. The molecule has 1 aromatic rings. The van der Waals surface area contributed by atoms with Crippen LogP contribution in [0.15, 0.2) is 12.1 Å². The molecule has 0 radical (unpaired) electrons. The summed E-state index contributed by atoms with van der Waals surface area (Å²) in [5.41, 5.74) is 0. The molecule has 0 aliphatic carbocycles. The van der Waals surface area contributed by atoms with Gasteiger partial charge in [0.05, 0.1) is 13.7 Å². The summed E-state index contributed by atoms with van der Waals surface area (Å²) in [6.45, 7) is 3.23. The number of methoxy groups -OCH3 is 1. The van der Waals surface area contributed by atoms with Crippen LogP contribution in [-0.2, 0) is 16.1 Å². The summed E-state index contributed by atoms with van der Waals surface area (Å²) in [6.07, 6.45) is 1.14. The topological polar surface area (TPSA) is 49.9 Å². The molecule has 0 aromatic carbocycles. The zero-order chi connectivity index (χ0) is 14.7. The molecule has 1 fully saturated rings. The van der Waals surface area contributed by atoms with Crippen LogP contribution in [0, 0.1) is 6.92 Å². The average Bonchev–Trinajstić information content (AvgIpc) is 3.06. The van der Waals surface area contributed by atoms with E-state index in [0.717, 1.165) is 11.3 Å². The Balaban J connectivity index is 2.00. The average molecular weight is 296 g/mol. The van der Waals surface area contributed by atoms with Gasteiger partial charge >= 0.3 is 6.09 Å². The van der Waals surface area contributed by atoms with Crippen LogP contribution in [-0.4, -0.2) is 48.5 Å². The second-order valence-corrected chi connectivity index (χ2v) is 6.40. The third-order valence-corrected chi connectivity index (χ3v) is 4.50. The molecule has 5 nitrogen and oxygen atoms in total. The first-order valence-electron chi connectivity index (χ1n) is 6.68. The summed E-state index contributed by atoms with van der Waals surface area (Å²) in [7, 11) is 3.13. The van der Waals surface area contributed by atoms with Crippen molar-refractivity contribution < 1.29 is 14.3 Å². The van der Waals surface area contributed by atoms with Crippen molar-refractivity contribution in [3.63, 3.8) is 0 Å². The van der Waals surface area contributed by atoms with Crippen LogP contribution < -0.4 is 0 Å². The van der Waals surface area contributed by atoms with Gasteiger partial charge in [0.1, 0.15) is 6.04 Å². The number of rotatable bonds is 3. The molecule has 0 saturated carbocycles. The van der Waals surface area contributed by atoms with Gasteiger partial charge in [-0.05, 0) is 31.9 Å².